The topological polar surface area (TPSA) is 80.1 Å². The number of rotatable bonds is 6. The van der Waals surface area contributed by atoms with Gasteiger partial charge in [0, 0.05) is 19.7 Å². The van der Waals surface area contributed by atoms with Crippen molar-refractivity contribution >= 4 is 17.3 Å². The smallest absolute Gasteiger partial charge is 0.311 e. The van der Waals surface area contributed by atoms with E-state index in [1.54, 1.807) is 13.1 Å². The molecule has 6 heteroatoms. The van der Waals surface area contributed by atoms with Crippen LogP contribution in [0.25, 0.3) is 0 Å². The second kappa shape index (κ2) is 4.80. The van der Waals surface area contributed by atoms with Crippen molar-refractivity contribution in [1.82, 2.24) is 4.98 Å². The molecule has 1 aliphatic rings. The molecule has 6 nitrogen and oxygen atoms in total. The van der Waals surface area contributed by atoms with E-state index in [2.05, 4.69) is 22.5 Å². The molecule has 0 saturated heterocycles. The van der Waals surface area contributed by atoms with Gasteiger partial charge in [-0.1, -0.05) is 6.92 Å². The van der Waals surface area contributed by atoms with Crippen LogP contribution in [0.4, 0.5) is 17.3 Å². The van der Waals surface area contributed by atoms with Gasteiger partial charge in [-0.25, -0.2) is 4.98 Å². The number of nitrogens with zero attached hydrogens (tertiary/aromatic N) is 2. The van der Waals surface area contributed by atoms with Gasteiger partial charge in [-0.2, -0.15) is 0 Å². The van der Waals surface area contributed by atoms with Gasteiger partial charge in [0.15, 0.2) is 0 Å². The Bertz CT molecular complexity index is 457. The summed E-state index contributed by atoms with van der Waals surface area (Å²) in [6, 6.07) is 3.09. The summed E-state index contributed by atoms with van der Waals surface area (Å²) in [5.74, 6) is 0.982. The Morgan fingerprint density at radius 3 is 2.72 bits per heavy atom. The molecule has 0 aromatic carbocycles. The number of hydrogen-bond donors (Lipinski definition) is 2. The average molecular weight is 250 g/mol. The van der Waals surface area contributed by atoms with Gasteiger partial charge < -0.3 is 10.6 Å². The molecule has 0 spiro atoms. The van der Waals surface area contributed by atoms with Crippen LogP contribution >= 0.6 is 0 Å². The first-order valence-electron chi connectivity index (χ1n) is 6.17. The van der Waals surface area contributed by atoms with Crippen molar-refractivity contribution in [1.29, 1.82) is 0 Å². The van der Waals surface area contributed by atoms with Crippen LogP contribution in [0.3, 0.4) is 0 Å². The van der Waals surface area contributed by atoms with Crippen LogP contribution in [0.1, 0.15) is 26.2 Å². The molecule has 1 fully saturated rings. The van der Waals surface area contributed by atoms with Crippen molar-refractivity contribution in [2.75, 3.05) is 24.2 Å². The van der Waals surface area contributed by atoms with Crippen molar-refractivity contribution in [3.05, 3.63) is 22.2 Å². The van der Waals surface area contributed by atoms with E-state index >= 15 is 0 Å². The van der Waals surface area contributed by atoms with E-state index in [-0.39, 0.29) is 5.69 Å². The summed E-state index contributed by atoms with van der Waals surface area (Å²) < 4.78 is 0. The van der Waals surface area contributed by atoms with E-state index in [0.29, 0.717) is 17.1 Å². The van der Waals surface area contributed by atoms with Gasteiger partial charge in [0.2, 0.25) is 5.82 Å². The zero-order valence-electron chi connectivity index (χ0n) is 10.7. The lowest BCUT2D eigenvalue weighted by Gasteiger charge is -2.14. The molecule has 0 unspecified atom stereocenters. The van der Waals surface area contributed by atoms with Crippen molar-refractivity contribution in [2.45, 2.75) is 26.2 Å². The molecule has 1 heterocycles. The van der Waals surface area contributed by atoms with Crippen molar-refractivity contribution < 1.29 is 4.92 Å². The SMILES string of the molecule is CCC1(CNc2nc(NC)ccc2[N+](=O)[O-])CC1. The van der Waals surface area contributed by atoms with Crippen LogP contribution in [0, 0.1) is 15.5 Å². The minimum Gasteiger partial charge on any atom is -0.373 e. The van der Waals surface area contributed by atoms with Gasteiger partial charge in [-0.3, -0.25) is 10.1 Å². The van der Waals surface area contributed by atoms with Gasteiger partial charge in [0.05, 0.1) is 4.92 Å². The predicted octanol–water partition coefficient (Wildman–Crippen LogP) is 2.63. The van der Waals surface area contributed by atoms with Crippen LogP contribution in [0.5, 0.6) is 0 Å². The fraction of sp³-hybridized carbons (Fsp3) is 0.583. The lowest BCUT2D eigenvalue weighted by molar-refractivity contribution is -0.384. The molecular weight excluding hydrogens is 232 g/mol. The molecule has 0 aliphatic heterocycles. The van der Waals surface area contributed by atoms with Gasteiger partial charge >= 0.3 is 5.69 Å². The highest BCUT2D eigenvalue weighted by atomic mass is 16.6. The third kappa shape index (κ3) is 2.52. The van der Waals surface area contributed by atoms with E-state index in [9.17, 15) is 10.1 Å². The van der Waals surface area contributed by atoms with Crippen LogP contribution in [0.15, 0.2) is 12.1 Å². The second-order valence-corrected chi connectivity index (χ2v) is 4.78. The Kier molecular flexibility index (Phi) is 3.36. The Balaban J connectivity index is 2.16. The molecule has 1 aromatic rings. The number of aromatic nitrogens is 1. The summed E-state index contributed by atoms with van der Waals surface area (Å²) in [4.78, 5) is 14.7. The molecule has 1 aliphatic carbocycles. The third-order valence-electron chi connectivity index (χ3n) is 3.66. The van der Waals surface area contributed by atoms with Crippen LogP contribution in [0.2, 0.25) is 0 Å². The molecule has 0 bridgehead atoms. The maximum absolute atomic E-state index is 10.9. The minimum absolute atomic E-state index is 0.0286. The van der Waals surface area contributed by atoms with Crippen LogP contribution in [-0.2, 0) is 0 Å². The number of nitrogens with one attached hydrogen (secondary N) is 2. The molecule has 1 saturated carbocycles. The monoisotopic (exact) mass is 250 g/mol. The van der Waals surface area contributed by atoms with Crippen molar-refractivity contribution in [2.24, 2.45) is 5.41 Å². The fourth-order valence-electron chi connectivity index (χ4n) is 1.97. The maximum atomic E-state index is 10.9. The van der Waals surface area contributed by atoms with E-state index in [4.69, 9.17) is 0 Å². The Hall–Kier alpha value is -1.85. The molecule has 0 radical (unpaired) electrons. The molecule has 2 N–H and O–H groups in total. The average Bonchev–Trinajstić information content (AvgIpc) is 3.16. The number of hydrogen-bond acceptors (Lipinski definition) is 5. The summed E-state index contributed by atoms with van der Waals surface area (Å²) >= 11 is 0. The number of pyridine rings is 1. The quantitative estimate of drug-likeness (QED) is 0.599. The van der Waals surface area contributed by atoms with Crippen molar-refractivity contribution in [3.8, 4) is 0 Å². The molecule has 1 aromatic heterocycles. The predicted molar refractivity (Wildman–Crippen MR) is 70.9 cm³/mol. The van der Waals surface area contributed by atoms with Gasteiger partial charge in [0.1, 0.15) is 5.82 Å². The number of anilines is 2. The Morgan fingerprint density at radius 2 is 2.22 bits per heavy atom. The van der Waals surface area contributed by atoms with E-state index in [1.807, 2.05) is 0 Å². The lowest BCUT2D eigenvalue weighted by Crippen LogP contribution is -2.16. The first-order chi connectivity index (χ1) is 8.60. The van der Waals surface area contributed by atoms with Crippen molar-refractivity contribution in [3.63, 3.8) is 0 Å². The molecule has 18 heavy (non-hydrogen) atoms. The largest absolute Gasteiger partial charge is 0.373 e. The standard InChI is InChI=1S/C12H18N4O2/c1-3-12(6-7-12)8-14-11-9(16(17)18)4-5-10(13-2)15-11/h4-5H,3,6-8H2,1-2H3,(H2,13,14,15). The molecular formula is C12H18N4O2. The first kappa shape index (κ1) is 12.6. The molecule has 2 rings (SSSR count). The molecule has 0 atom stereocenters. The summed E-state index contributed by atoms with van der Waals surface area (Å²) in [5, 5.41) is 17.0. The van der Waals surface area contributed by atoms with Gasteiger partial charge in [-0.15, -0.1) is 0 Å². The molecule has 0 amide bonds. The number of nitro groups is 1. The van der Waals surface area contributed by atoms with Crippen LogP contribution < -0.4 is 10.6 Å². The summed E-state index contributed by atoms with van der Waals surface area (Å²) in [6.45, 7) is 2.91. The zero-order chi connectivity index (χ0) is 13.2. The fourth-order valence-corrected chi connectivity index (χ4v) is 1.97. The minimum atomic E-state index is -0.402. The third-order valence-corrected chi connectivity index (χ3v) is 3.66. The summed E-state index contributed by atoms with van der Waals surface area (Å²) in [6.07, 6.45) is 3.48. The molecule has 98 valence electrons. The zero-order valence-corrected chi connectivity index (χ0v) is 10.7. The first-order valence-corrected chi connectivity index (χ1v) is 6.17. The van der Waals surface area contributed by atoms with E-state index < -0.39 is 4.92 Å². The highest BCUT2D eigenvalue weighted by Gasteiger charge is 2.40. The lowest BCUT2D eigenvalue weighted by atomic mass is 10.0. The van der Waals surface area contributed by atoms with Gasteiger partial charge in [0.25, 0.3) is 0 Å². The normalized spacial score (nSPS) is 16.1. The summed E-state index contributed by atoms with van der Waals surface area (Å²) in [5.41, 5.74) is 0.353. The second-order valence-electron chi connectivity index (χ2n) is 4.78. The van der Waals surface area contributed by atoms with Crippen LogP contribution in [-0.4, -0.2) is 23.5 Å². The summed E-state index contributed by atoms with van der Waals surface area (Å²) in [7, 11) is 1.74. The van der Waals surface area contributed by atoms with E-state index in [1.165, 1.54) is 18.9 Å². The maximum Gasteiger partial charge on any atom is 0.311 e. The van der Waals surface area contributed by atoms with E-state index in [0.717, 1.165) is 13.0 Å². The van der Waals surface area contributed by atoms with Gasteiger partial charge in [-0.05, 0) is 30.7 Å². The highest BCUT2D eigenvalue weighted by Crippen LogP contribution is 2.48. The highest BCUT2D eigenvalue weighted by molar-refractivity contribution is 5.60. The Morgan fingerprint density at radius 1 is 1.50 bits per heavy atom. The Labute approximate surface area is 106 Å².